The summed E-state index contributed by atoms with van der Waals surface area (Å²) in [5.41, 5.74) is 1.70. The minimum absolute atomic E-state index is 0.0502. The van der Waals surface area contributed by atoms with Gasteiger partial charge in [0.25, 0.3) is 5.56 Å². The molecule has 5 nitrogen and oxygen atoms in total. The van der Waals surface area contributed by atoms with Crippen molar-refractivity contribution in [3.63, 3.8) is 0 Å². The first kappa shape index (κ1) is 17.5. The molecule has 0 spiro atoms. The van der Waals surface area contributed by atoms with Crippen molar-refractivity contribution >= 4 is 32.3 Å². The molecule has 0 radical (unpaired) electrons. The smallest absolute Gasteiger partial charge is 0.266 e. The normalized spacial score (nSPS) is 16.7. The van der Waals surface area contributed by atoms with E-state index in [1.807, 2.05) is 18.5 Å². The van der Waals surface area contributed by atoms with E-state index in [2.05, 4.69) is 15.2 Å². The lowest BCUT2D eigenvalue weighted by Crippen LogP contribution is -2.37. The number of pyridine rings is 1. The number of aromatic amines is 1. The summed E-state index contributed by atoms with van der Waals surface area (Å²) in [4.78, 5) is 17.7. The van der Waals surface area contributed by atoms with Crippen molar-refractivity contribution in [1.29, 1.82) is 0 Å². The number of aromatic nitrogens is 1. The van der Waals surface area contributed by atoms with E-state index in [-0.39, 0.29) is 5.56 Å². The van der Waals surface area contributed by atoms with Crippen LogP contribution < -0.4 is 10.9 Å². The lowest BCUT2D eigenvalue weighted by molar-refractivity contribution is 0.185. The highest BCUT2D eigenvalue weighted by molar-refractivity contribution is 7.17. The largest absolute Gasteiger partial charge is 0.508 e. The molecule has 3 aromatic rings. The molecule has 1 fully saturated rings. The van der Waals surface area contributed by atoms with Crippen LogP contribution >= 0.6 is 11.3 Å². The Kier molecular flexibility index (Phi) is 4.98. The zero-order chi connectivity index (χ0) is 18.1. The summed E-state index contributed by atoms with van der Waals surface area (Å²) in [6.07, 6.45) is 3.24. The monoisotopic (exact) mass is 371 g/mol. The number of piperidine rings is 1. The number of hydrogen-bond acceptors (Lipinski definition) is 5. The Hall–Kier alpha value is -1.89. The topological polar surface area (TPSA) is 68.4 Å². The zero-order valence-corrected chi connectivity index (χ0v) is 15.9. The number of nitrogens with one attached hydrogen (secondary N) is 2. The third-order valence-electron chi connectivity index (χ3n) is 5.56. The molecular formula is C20H25N3O2S. The van der Waals surface area contributed by atoms with Crippen LogP contribution in [0, 0.1) is 5.92 Å². The van der Waals surface area contributed by atoms with Crippen LogP contribution in [0.25, 0.3) is 21.0 Å². The van der Waals surface area contributed by atoms with Crippen molar-refractivity contribution in [3.05, 3.63) is 39.5 Å². The summed E-state index contributed by atoms with van der Waals surface area (Å²) in [6.45, 7) is 4.26. The number of aromatic hydroxyl groups is 1. The van der Waals surface area contributed by atoms with E-state index in [9.17, 15) is 9.90 Å². The minimum Gasteiger partial charge on any atom is -0.508 e. The highest BCUT2D eigenvalue weighted by atomic mass is 32.1. The van der Waals surface area contributed by atoms with E-state index in [1.165, 1.54) is 24.2 Å². The van der Waals surface area contributed by atoms with Gasteiger partial charge in [0.05, 0.1) is 0 Å². The van der Waals surface area contributed by atoms with Gasteiger partial charge in [0.1, 0.15) is 10.4 Å². The number of nitrogens with zero attached hydrogens (tertiary/aromatic N) is 1. The van der Waals surface area contributed by atoms with E-state index in [4.69, 9.17) is 0 Å². The molecule has 0 aliphatic carbocycles. The van der Waals surface area contributed by atoms with Crippen LogP contribution in [0.15, 0.2) is 28.4 Å². The number of thiophene rings is 1. The van der Waals surface area contributed by atoms with Crippen LogP contribution in [0.2, 0.25) is 0 Å². The molecule has 1 aliphatic rings. The summed E-state index contributed by atoms with van der Waals surface area (Å²) in [5.74, 6) is 1.10. The van der Waals surface area contributed by atoms with Gasteiger partial charge in [-0.05, 0) is 75.4 Å². The van der Waals surface area contributed by atoms with Gasteiger partial charge < -0.3 is 20.3 Å². The third-order valence-corrected chi connectivity index (χ3v) is 6.47. The standard InChI is InChI=1S/C20H25N3O2S/c1-21-12-13-4-8-23(9-5-13)10-6-14-17(24)3-2-16-18(14)15-7-11-26-19(15)20(25)22-16/h2-3,7,11,13,21,24H,4-6,8-10,12H2,1H3,(H,22,25). The molecule has 3 N–H and O–H groups in total. The molecule has 0 amide bonds. The van der Waals surface area contributed by atoms with Crippen LogP contribution in [0.1, 0.15) is 18.4 Å². The molecule has 1 aromatic carbocycles. The average Bonchev–Trinajstić information content (AvgIpc) is 3.13. The predicted octanol–water partition coefficient (Wildman–Crippen LogP) is 2.92. The third kappa shape index (κ3) is 3.24. The first-order valence-electron chi connectivity index (χ1n) is 9.28. The summed E-state index contributed by atoms with van der Waals surface area (Å²) in [5, 5.41) is 17.7. The Morgan fingerprint density at radius 2 is 2.12 bits per heavy atom. The highest BCUT2D eigenvalue weighted by Gasteiger charge is 2.20. The molecule has 0 bridgehead atoms. The lowest BCUT2D eigenvalue weighted by atomic mass is 9.96. The number of hydrogen-bond donors (Lipinski definition) is 3. The van der Waals surface area contributed by atoms with Crippen LogP contribution in [-0.2, 0) is 6.42 Å². The number of H-pyrrole nitrogens is 1. The van der Waals surface area contributed by atoms with Gasteiger partial charge in [0, 0.05) is 28.4 Å². The number of likely N-dealkylation sites (tertiary alicyclic amines) is 1. The number of fused-ring (bicyclic) bond motifs is 3. The Labute approximate surface area is 156 Å². The van der Waals surface area contributed by atoms with Crippen molar-refractivity contribution in [2.45, 2.75) is 19.3 Å². The maximum atomic E-state index is 12.2. The fourth-order valence-corrected chi connectivity index (χ4v) is 4.93. The second kappa shape index (κ2) is 7.39. The van der Waals surface area contributed by atoms with Gasteiger partial charge in [-0.1, -0.05) is 0 Å². The fourth-order valence-electron chi connectivity index (χ4n) is 4.14. The van der Waals surface area contributed by atoms with Gasteiger partial charge in [0.2, 0.25) is 0 Å². The van der Waals surface area contributed by atoms with Gasteiger partial charge in [-0.2, -0.15) is 0 Å². The van der Waals surface area contributed by atoms with Crippen molar-refractivity contribution in [1.82, 2.24) is 15.2 Å². The van der Waals surface area contributed by atoms with E-state index in [0.717, 1.165) is 65.1 Å². The number of rotatable bonds is 5. The van der Waals surface area contributed by atoms with Gasteiger partial charge in [-0.15, -0.1) is 11.3 Å². The molecule has 2 aromatic heterocycles. The Bertz CT molecular complexity index is 970. The van der Waals surface area contributed by atoms with Gasteiger partial charge in [-0.25, -0.2) is 0 Å². The highest BCUT2D eigenvalue weighted by Crippen LogP contribution is 2.33. The Morgan fingerprint density at radius 1 is 1.31 bits per heavy atom. The molecule has 26 heavy (non-hydrogen) atoms. The SMILES string of the molecule is CNCC1CCN(CCc2c(O)ccc3[nH]c(=O)c4sccc4c23)CC1. The maximum absolute atomic E-state index is 12.2. The van der Waals surface area contributed by atoms with E-state index in [0.29, 0.717) is 5.75 Å². The molecule has 138 valence electrons. The number of phenols is 1. The second-order valence-corrected chi connectivity index (χ2v) is 8.11. The van der Waals surface area contributed by atoms with Crippen LogP contribution in [0.4, 0.5) is 0 Å². The van der Waals surface area contributed by atoms with Crippen molar-refractivity contribution in [2.75, 3.05) is 33.2 Å². The van der Waals surface area contributed by atoms with Crippen LogP contribution in [0.3, 0.4) is 0 Å². The summed E-state index contributed by atoms with van der Waals surface area (Å²) in [7, 11) is 2.02. The molecule has 1 aliphatic heterocycles. The Morgan fingerprint density at radius 3 is 2.88 bits per heavy atom. The van der Waals surface area contributed by atoms with Gasteiger partial charge in [-0.3, -0.25) is 4.79 Å². The minimum atomic E-state index is -0.0502. The van der Waals surface area contributed by atoms with Gasteiger partial charge in [0.15, 0.2) is 0 Å². The fraction of sp³-hybridized carbons (Fsp3) is 0.450. The summed E-state index contributed by atoms with van der Waals surface area (Å²) >= 11 is 1.45. The predicted molar refractivity (Wildman–Crippen MR) is 108 cm³/mol. The van der Waals surface area contributed by atoms with E-state index < -0.39 is 0 Å². The van der Waals surface area contributed by atoms with Crippen molar-refractivity contribution in [2.24, 2.45) is 5.92 Å². The maximum Gasteiger partial charge on any atom is 0.266 e. The second-order valence-electron chi connectivity index (χ2n) is 7.20. The Balaban J connectivity index is 1.60. The van der Waals surface area contributed by atoms with Crippen LogP contribution in [0.5, 0.6) is 5.75 Å². The van der Waals surface area contributed by atoms with Crippen molar-refractivity contribution < 1.29 is 5.11 Å². The zero-order valence-electron chi connectivity index (χ0n) is 15.0. The number of benzene rings is 1. The van der Waals surface area contributed by atoms with E-state index in [1.54, 1.807) is 12.1 Å². The molecule has 4 rings (SSSR count). The molecule has 1 saturated heterocycles. The van der Waals surface area contributed by atoms with Gasteiger partial charge >= 0.3 is 0 Å². The molecule has 0 saturated carbocycles. The molecule has 3 heterocycles. The van der Waals surface area contributed by atoms with E-state index >= 15 is 0 Å². The molecular weight excluding hydrogens is 346 g/mol. The van der Waals surface area contributed by atoms with Crippen molar-refractivity contribution in [3.8, 4) is 5.75 Å². The first-order chi connectivity index (χ1) is 12.7. The lowest BCUT2D eigenvalue weighted by Gasteiger charge is -2.32. The number of phenolic OH excluding ortho intramolecular Hbond substituents is 1. The molecule has 6 heteroatoms. The summed E-state index contributed by atoms with van der Waals surface area (Å²) < 4.78 is 0.734. The van der Waals surface area contributed by atoms with Crippen LogP contribution in [-0.4, -0.2) is 48.2 Å². The molecule has 0 unspecified atom stereocenters. The quantitative estimate of drug-likeness (QED) is 0.645. The average molecular weight is 372 g/mol. The first-order valence-corrected chi connectivity index (χ1v) is 10.2. The molecule has 0 atom stereocenters. The summed E-state index contributed by atoms with van der Waals surface area (Å²) in [6, 6.07) is 5.49.